The fourth-order valence-corrected chi connectivity index (χ4v) is 2.82. The van der Waals surface area contributed by atoms with Crippen LogP contribution < -0.4 is 0 Å². The van der Waals surface area contributed by atoms with Crippen LogP contribution in [0.2, 0.25) is 0 Å². The second kappa shape index (κ2) is 4.49. The molecule has 17 heavy (non-hydrogen) atoms. The van der Waals surface area contributed by atoms with Crippen molar-refractivity contribution in [1.82, 2.24) is 4.90 Å². The molecular formula is C10H14F2N4O. The first-order valence-electron chi connectivity index (χ1n) is 5.71. The van der Waals surface area contributed by atoms with Crippen molar-refractivity contribution in [3.8, 4) is 0 Å². The standard InChI is InChI=1S/C10H14F2N4O/c11-10(12)3-1-2-7-5-16(6-8(7)10)9(17)4-14-15-13/h7-8H,1-6H2/t7-,8-/m0/s1. The Bertz CT molecular complexity index is 367. The summed E-state index contributed by atoms with van der Waals surface area (Å²) in [6.45, 7) is 0.193. The van der Waals surface area contributed by atoms with E-state index in [0.717, 1.165) is 6.42 Å². The number of hydrogen-bond acceptors (Lipinski definition) is 2. The molecule has 0 aromatic rings. The Morgan fingerprint density at radius 2 is 2.29 bits per heavy atom. The van der Waals surface area contributed by atoms with Crippen molar-refractivity contribution in [2.24, 2.45) is 17.0 Å². The van der Waals surface area contributed by atoms with E-state index in [-0.39, 0.29) is 31.3 Å². The largest absolute Gasteiger partial charge is 0.342 e. The molecule has 94 valence electrons. The van der Waals surface area contributed by atoms with Gasteiger partial charge in [-0.15, -0.1) is 0 Å². The number of carbonyl (C=O) groups excluding carboxylic acids is 1. The SMILES string of the molecule is [N-]=[N+]=NCC(=O)N1C[C@@H]2CCCC(F)(F)[C@H]2C1. The molecule has 0 radical (unpaired) electrons. The lowest BCUT2D eigenvalue weighted by Gasteiger charge is -2.32. The summed E-state index contributed by atoms with van der Waals surface area (Å²) in [4.78, 5) is 15.5. The monoisotopic (exact) mass is 244 g/mol. The minimum absolute atomic E-state index is 0.0768. The van der Waals surface area contributed by atoms with Crippen LogP contribution in [0, 0.1) is 11.8 Å². The molecule has 1 heterocycles. The molecule has 1 aliphatic carbocycles. The molecule has 1 amide bonds. The van der Waals surface area contributed by atoms with Crippen LogP contribution in [0.3, 0.4) is 0 Å². The van der Waals surface area contributed by atoms with Crippen LogP contribution in [-0.4, -0.2) is 36.4 Å². The molecule has 1 saturated carbocycles. The summed E-state index contributed by atoms with van der Waals surface area (Å²) in [6, 6.07) is 0. The fourth-order valence-electron chi connectivity index (χ4n) is 2.82. The van der Waals surface area contributed by atoms with Gasteiger partial charge >= 0.3 is 0 Å². The van der Waals surface area contributed by atoms with Crippen molar-refractivity contribution in [3.05, 3.63) is 10.4 Å². The molecule has 0 aromatic heterocycles. The summed E-state index contributed by atoms with van der Waals surface area (Å²) in [7, 11) is 0. The molecule has 0 spiro atoms. The Labute approximate surface area is 97.4 Å². The van der Waals surface area contributed by atoms with Gasteiger partial charge in [-0.3, -0.25) is 4.79 Å². The van der Waals surface area contributed by atoms with Gasteiger partial charge in [0.25, 0.3) is 5.92 Å². The molecule has 2 fully saturated rings. The molecule has 1 aliphatic heterocycles. The summed E-state index contributed by atoms with van der Waals surface area (Å²) < 4.78 is 27.3. The number of nitrogens with zero attached hydrogens (tertiary/aromatic N) is 4. The van der Waals surface area contributed by atoms with Crippen molar-refractivity contribution in [2.45, 2.75) is 25.2 Å². The normalized spacial score (nSPS) is 30.6. The van der Waals surface area contributed by atoms with E-state index >= 15 is 0 Å². The summed E-state index contributed by atoms with van der Waals surface area (Å²) in [6.07, 6.45) is 1.20. The van der Waals surface area contributed by atoms with Gasteiger partial charge in [0.15, 0.2) is 0 Å². The van der Waals surface area contributed by atoms with Crippen LogP contribution in [0.15, 0.2) is 5.11 Å². The Balaban J connectivity index is 2.02. The van der Waals surface area contributed by atoms with E-state index in [4.69, 9.17) is 5.53 Å². The molecule has 2 aliphatic rings. The molecule has 5 nitrogen and oxygen atoms in total. The van der Waals surface area contributed by atoms with Crippen LogP contribution in [0.25, 0.3) is 10.4 Å². The van der Waals surface area contributed by atoms with Gasteiger partial charge in [-0.2, -0.15) is 0 Å². The number of likely N-dealkylation sites (tertiary alicyclic amines) is 1. The molecule has 0 bridgehead atoms. The van der Waals surface area contributed by atoms with Crippen molar-refractivity contribution in [1.29, 1.82) is 0 Å². The summed E-state index contributed by atoms with van der Waals surface area (Å²) in [5, 5.41) is 3.17. The summed E-state index contributed by atoms with van der Waals surface area (Å²) in [5.74, 6) is -3.83. The lowest BCUT2D eigenvalue weighted by atomic mass is 9.79. The van der Waals surface area contributed by atoms with Gasteiger partial charge in [-0.05, 0) is 24.3 Å². The number of azide groups is 1. The third-order valence-electron chi connectivity index (χ3n) is 3.69. The van der Waals surface area contributed by atoms with Gasteiger partial charge in [0.1, 0.15) is 6.54 Å². The second-order valence-electron chi connectivity index (χ2n) is 4.71. The van der Waals surface area contributed by atoms with Gasteiger partial charge in [-0.1, -0.05) is 5.11 Å². The minimum atomic E-state index is -2.66. The first-order chi connectivity index (χ1) is 8.04. The number of halogens is 2. The minimum Gasteiger partial charge on any atom is -0.342 e. The fraction of sp³-hybridized carbons (Fsp3) is 0.900. The molecule has 0 aromatic carbocycles. The van der Waals surface area contributed by atoms with Gasteiger partial charge in [-0.25, -0.2) is 8.78 Å². The van der Waals surface area contributed by atoms with Crippen molar-refractivity contribution < 1.29 is 13.6 Å². The average Bonchev–Trinajstić information content (AvgIpc) is 2.71. The number of amides is 1. The number of hydrogen-bond donors (Lipinski definition) is 0. The molecule has 1 saturated heterocycles. The Kier molecular flexibility index (Phi) is 3.19. The quantitative estimate of drug-likeness (QED) is 0.417. The lowest BCUT2D eigenvalue weighted by Crippen LogP contribution is -2.38. The molecule has 7 heteroatoms. The van der Waals surface area contributed by atoms with E-state index in [9.17, 15) is 13.6 Å². The van der Waals surface area contributed by atoms with Gasteiger partial charge < -0.3 is 4.90 Å². The number of carbonyl (C=O) groups is 1. The van der Waals surface area contributed by atoms with Gasteiger partial charge in [0.05, 0.1) is 0 Å². The third kappa shape index (κ3) is 2.34. The zero-order valence-corrected chi connectivity index (χ0v) is 9.35. The zero-order chi connectivity index (χ0) is 12.5. The Morgan fingerprint density at radius 3 is 2.94 bits per heavy atom. The summed E-state index contributed by atoms with van der Waals surface area (Å²) >= 11 is 0. The van der Waals surface area contributed by atoms with Gasteiger partial charge in [0, 0.05) is 30.3 Å². The van der Waals surface area contributed by atoms with Crippen LogP contribution in [0.5, 0.6) is 0 Å². The smallest absolute Gasteiger partial charge is 0.252 e. The predicted octanol–water partition coefficient (Wildman–Crippen LogP) is 2.19. The third-order valence-corrected chi connectivity index (χ3v) is 3.69. The molecule has 2 rings (SSSR count). The van der Waals surface area contributed by atoms with E-state index in [1.807, 2.05) is 0 Å². The Hall–Kier alpha value is -1.36. The van der Waals surface area contributed by atoms with Crippen molar-refractivity contribution >= 4 is 5.91 Å². The molecule has 0 unspecified atom stereocenters. The van der Waals surface area contributed by atoms with E-state index in [1.165, 1.54) is 4.90 Å². The number of alkyl halides is 2. The highest BCUT2D eigenvalue weighted by atomic mass is 19.3. The van der Waals surface area contributed by atoms with Crippen LogP contribution >= 0.6 is 0 Å². The topological polar surface area (TPSA) is 69.1 Å². The van der Waals surface area contributed by atoms with Crippen LogP contribution in [0.4, 0.5) is 8.78 Å². The van der Waals surface area contributed by atoms with E-state index in [1.54, 1.807) is 0 Å². The molecule has 2 atom stereocenters. The zero-order valence-electron chi connectivity index (χ0n) is 9.35. The Morgan fingerprint density at radius 1 is 1.53 bits per heavy atom. The highest BCUT2D eigenvalue weighted by Gasteiger charge is 2.51. The predicted molar refractivity (Wildman–Crippen MR) is 56.4 cm³/mol. The summed E-state index contributed by atoms with van der Waals surface area (Å²) in [5.41, 5.74) is 8.11. The van der Waals surface area contributed by atoms with E-state index in [0.29, 0.717) is 13.0 Å². The number of rotatable bonds is 2. The van der Waals surface area contributed by atoms with E-state index in [2.05, 4.69) is 10.0 Å². The molecule has 0 N–H and O–H groups in total. The van der Waals surface area contributed by atoms with Crippen molar-refractivity contribution in [2.75, 3.05) is 19.6 Å². The van der Waals surface area contributed by atoms with Crippen molar-refractivity contribution in [3.63, 3.8) is 0 Å². The lowest BCUT2D eigenvalue weighted by molar-refractivity contribution is -0.129. The first-order valence-corrected chi connectivity index (χ1v) is 5.71. The highest BCUT2D eigenvalue weighted by molar-refractivity contribution is 5.78. The highest BCUT2D eigenvalue weighted by Crippen LogP contribution is 2.45. The van der Waals surface area contributed by atoms with Gasteiger partial charge in [0.2, 0.25) is 5.91 Å². The maximum Gasteiger partial charge on any atom is 0.252 e. The van der Waals surface area contributed by atoms with E-state index < -0.39 is 11.8 Å². The second-order valence-corrected chi connectivity index (χ2v) is 4.71. The average molecular weight is 244 g/mol. The maximum absolute atomic E-state index is 13.6. The molecular weight excluding hydrogens is 230 g/mol. The number of fused-ring (bicyclic) bond motifs is 1. The first kappa shape index (κ1) is 12.1. The maximum atomic E-state index is 13.6. The van der Waals surface area contributed by atoms with Crippen LogP contribution in [-0.2, 0) is 4.79 Å². The van der Waals surface area contributed by atoms with Crippen LogP contribution in [0.1, 0.15) is 19.3 Å².